The minimum absolute atomic E-state index is 0.399. The Morgan fingerprint density at radius 2 is 1.86 bits per heavy atom. The highest BCUT2D eigenvalue weighted by molar-refractivity contribution is 5.37. The van der Waals surface area contributed by atoms with Crippen LogP contribution in [0.5, 0.6) is 6.01 Å². The van der Waals surface area contributed by atoms with E-state index < -0.39 is 0 Å². The lowest BCUT2D eigenvalue weighted by molar-refractivity contribution is 0.225. The summed E-state index contributed by atoms with van der Waals surface area (Å²) in [7, 11) is 1.80. The Labute approximate surface area is 126 Å². The maximum atomic E-state index is 5.72. The van der Waals surface area contributed by atoms with Crippen molar-refractivity contribution in [3.8, 4) is 6.01 Å². The van der Waals surface area contributed by atoms with E-state index in [0.717, 1.165) is 19.6 Å². The second-order valence-corrected chi connectivity index (χ2v) is 5.06. The van der Waals surface area contributed by atoms with Gasteiger partial charge in [-0.15, -0.1) is 0 Å². The van der Waals surface area contributed by atoms with Gasteiger partial charge in [0.1, 0.15) is 6.61 Å². The van der Waals surface area contributed by atoms with Crippen LogP contribution in [0.3, 0.4) is 0 Å². The van der Waals surface area contributed by atoms with Crippen LogP contribution in [0.15, 0.2) is 0 Å². The van der Waals surface area contributed by atoms with E-state index in [2.05, 4.69) is 43.9 Å². The first-order valence-electron chi connectivity index (χ1n) is 7.80. The SMILES string of the molecule is CCN(CC)c1nc(NC)nc(OCCN2CCCC2)n1. The smallest absolute Gasteiger partial charge is 0.323 e. The zero-order valence-electron chi connectivity index (χ0n) is 13.3. The Morgan fingerprint density at radius 3 is 2.48 bits per heavy atom. The Kier molecular flexibility index (Phi) is 5.98. The predicted molar refractivity (Wildman–Crippen MR) is 84.1 cm³/mol. The third-order valence-electron chi connectivity index (χ3n) is 3.71. The molecule has 0 amide bonds. The molecule has 7 heteroatoms. The second-order valence-electron chi connectivity index (χ2n) is 5.06. The fourth-order valence-electron chi connectivity index (χ4n) is 2.44. The molecule has 1 fully saturated rings. The first kappa shape index (κ1) is 15.8. The molecule has 0 aliphatic carbocycles. The van der Waals surface area contributed by atoms with E-state index in [9.17, 15) is 0 Å². The number of anilines is 2. The second kappa shape index (κ2) is 7.97. The zero-order chi connectivity index (χ0) is 15.1. The lowest BCUT2D eigenvalue weighted by Crippen LogP contribution is -2.27. The Balaban J connectivity index is 1.98. The average Bonchev–Trinajstić information content (AvgIpc) is 3.01. The summed E-state index contributed by atoms with van der Waals surface area (Å²) in [6, 6.07) is 0.399. The number of likely N-dealkylation sites (tertiary alicyclic amines) is 1. The molecule has 118 valence electrons. The van der Waals surface area contributed by atoms with Crippen LogP contribution in [-0.4, -0.2) is 66.2 Å². The van der Waals surface area contributed by atoms with Gasteiger partial charge in [-0.05, 0) is 39.8 Å². The van der Waals surface area contributed by atoms with E-state index in [1.165, 1.54) is 25.9 Å². The van der Waals surface area contributed by atoms with Crippen molar-refractivity contribution in [2.24, 2.45) is 0 Å². The van der Waals surface area contributed by atoms with Gasteiger partial charge in [-0.25, -0.2) is 0 Å². The first-order valence-corrected chi connectivity index (χ1v) is 7.80. The van der Waals surface area contributed by atoms with Crippen molar-refractivity contribution in [1.29, 1.82) is 0 Å². The summed E-state index contributed by atoms with van der Waals surface area (Å²) in [5, 5.41) is 2.96. The molecule has 0 spiro atoms. The standard InChI is InChI=1S/C14H26N6O/c1-4-20(5-2)13-16-12(15-3)17-14(18-13)21-11-10-19-8-6-7-9-19/h4-11H2,1-3H3,(H,15,16,17,18). The molecular weight excluding hydrogens is 268 g/mol. The summed E-state index contributed by atoms with van der Waals surface area (Å²) >= 11 is 0. The molecule has 2 heterocycles. The van der Waals surface area contributed by atoms with E-state index in [0.29, 0.717) is 24.5 Å². The summed E-state index contributed by atoms with van der Waals surface area (Å²) in [5.74, 6) is 1.21. The van der Waals surface area contributed by atoms with Crippen molar-refractivity contribution in [3.63, 3.8) is 0 Å². The quantitative estimate of drug-likeness (QED) is 0.773. The molecule has 1 N–H and O–H groups in total. The van der Waals surface area contributed by atoms with Gasteiger partial charge in [-0.1, -0.05) is 0 Å². The average molecular weight is 294 g/mol. The molecule has 0 unspecified atom stereocenters. The Hall–Kier alpha value is -1.63. The highest BCUT2D eigenvalue weighted by atomic mass is 16.5. The molecule has 7 nitrogen and oxygen atoms in total. The maximum Gasteiger partial charge on any atom is 0.323 e. The summed E-state index contributed by atoms with van der Waals surface area (Å²) in [5.41, 5.74) is 0. The van der Waals surface area contributed by atoms with Crippen molar-refractivity contribution in [1.82, 2.24) is 19.9 Å². The first-order chi connectivity index (χ1) is 10.3. The number of hydrogen-bond acceptors (Lipinski definition) is 7. The lowest BCUT2D eigenvalue weighted by Gasteiger charge is -2.19. The van der Waals surface area contributed by atoms with E-state index in [4.69, 9.17) is 4.74 Å². The molecule has 1 aliphatic rings. The van der Waals surface area contributed by atoms with Gasteiger partial charge in [0.15, 0.2) is 0 Å². The maximum absolute atomic E-state index is 5.72. The molecule has 0 saturated carbocycles. The van der Waals surface area contributed by atoms with Crippen LogP contribution in [0.1, 0.15) is 26.7 Å². The largest absolute Gasteiger partial charge is 0.462 e. The van der Waals surface area contributed by atoms with Gasteiger partial charge in [0.25, 0.3) is 0 Å². The van der Waals surface area contributed by atoms with E-state index >= 15 is 0 Å². The third-order valence-corrected chi connectivity index (χ3v) is 3.71. The van der Waals surface area contributed by atoms with E-state index in [-0.39, 0.29) is 0 Å². The molecule has 0 radical (unpaired) electrons. The fraction of sp³-hybridized carbons (Fsp3) is 0.786. The molecule has 2 rings (SSSR count). The van der Waals surface area contributed by atoms with Crippen molar-refractivity contribution in [2.75, 3.05) is 56.6 Å². The van der Waals surface area contributed by atoms with Crippen LogP contribution in [0.2, 0.25) is 0 Å². The lowest BCUT2D eigenvalue weighted by atomic mass is 10.4. The minimum Gasteiger partial charge on any atom is -0.462 e. The van der Waals surface area contributed by atoms with Crippen LogP contribution in [-0.2, 0) is 0 Å². The number of aromatic nitrogens is 3. The number of ether oxygens (including phenoxy) is 1. The van der Waals surface area contributed by atoms with Gasteiger partial charge in [0, 0.05) is 26.7 Å². The number of rotatable bonds is 8. The van der Waals surface area contributed by atoms with Crippen LogP contribution in [0, 0.1) is 0 Å². The molecule has 1 aromatic rings. The zero-order valence-corrected chi connectivity index (χ0v) is 13.3. The van der Waals surface area contributed by atoms with E-state index in [1.807, 2.05) is 0 Å². The molecule has 0 aromatic carbocycles. The van der Waals surface area contributed by atoms with Gasteiger partial charge in [0.2, 0.25) is 11.9 Å². The number of hydrogen-bond donors (Lipinski definition) is 1. The van der Waals surface area contributed by atoms with Gasteiger partial charge >= 0.3 is 6.01 Å². The molecule has 1 aromatic heterocycles. The van der Waals surface area contributed by atoms with Crippen LogP contribution in [0.4, 0.5) is 11.9 Å². The highest BCUT2D eigenvalue weighted by Gasteiger charge is 2.13. The monoisotopic (exact) mass is 294 g/mol. The summed E-state index contributed by atoms with van der Waals surface area (Å²) in [4.78, 5) is 17.5. The minimum atomic E-state index is 0.399. The van der Waals surface area contributed by atoms with Gasteiger partial charge in [-0.2, -0.15) is 15.0 Å². The molecular formula is C14H26N6O. The molecule has 1 saturated heterocycles. The Bertz CT molecular complexity index is 431. The van der Waals surface area contributed by atoms with Gasteiger partial charge < -0.3 is 15.0 Å². The summed E-state index contributed by atoms with van der Waals surface area (Å²) in [6.07, 6.45) is 2.59. The van der Waals surface area contributed by atoms with Gasteiger partial charge in [-0.3, -0.25) is 4.90 Å². The van der Waals surface area contributed by atoms with Crippen molar-refractivity contribution in [3.05, 3.63) is 0 Å². The summed E-state index contributed by atoms with van der Waals surface area (Å²) in [6.45, 7) is 9.78. The molecule has 1 aliphatic heterocycles. The summed E-state index contributed by atoms with van der Waals surface area (Å²) < 4.78 is 5.72. The Morgan fingerprint density at radius 1 is 1.14 bits per heavy atom. The normalized spacial score (nSPS) is 15.2. The molecule has 0 atom stereocenters. The van der Waals surface area contributed by atoms with E-state index in [1.54, 1.807) is 7.05 Å². The number of nitrogens with one attached hydrogen (secondary N) is 1. The highest BCUT2D eigenvalue weighted by Crippen LogP contribution is 2.15. The van der Waals surface area contributed by atoms with Crippen molar-refractivity contribution >= 4 is 11.9 Å². The van der Waals surface area contributed by atoms with Crippen LogP contribution < -0.4 is 15.0 Å². The van der Waals surface area contributed by atoms with Crippen LogP contribution >= 0.6 is 0 Å². The van der Waals surface area contributed by atoms with Gasteiger partial charge in [0.05, 0.1) is 0 Å². The topological polar surface area (TPSA) is 66.4 Å². The van der Waals surface area contributed by atoms with Crippen LogP contribution in [0.25, 0.3) is 0 Å². The molecule has 21 heavy (non-hydrogen) atoms. The number of nitrogens with zero attached hydrogens (tertiary/aromatic N) is 5. The van der Waals surface area contributed by atoms with Crippen molar-refractivity contribution < 1.29 is 4.74 Å². The fourth-order valence-corrected chi connectivity index (χ4v) is 2.44. The third kappa shape index (κ3) is 4.42. The predicted octanol–water partition coefficient (Wildman–Crippen LogP) is 1.23. The van der Waals surface area contributed by atoms with Crippen molar-refractivity contribution in [2.45, 2.75) is 26.7 Å². The molecule has 0 bridgehead atoms.